The molecule has 0 radical (unpaired) electrons. The fourth-order valence-electron chi connectivity index (χ4n) is 1.76. The number of nitrogens with zero attached hydrogens (tertiary/aromatic N) is 2. The van der Waals surface area contributed by atoms with Crippen LogP contribution in [0.3, 0.4) is 0 Å². The maximum absolute atomic E-state index is 5.27. The topological polar surface area (TPSA) is 25.4 Å². The van der Waals surface area contributed by atoms with Crippen LogP contribution in [0.25, 0.3) is 10.2 Å². The van der Waals surface area contributed by atoms with Gasteiger partial charge in [-0.2, -0.15) is 0 Å². The van der Waals surface area contributed by atoms with Crippen LogP contribution in [0, 0.1) is 3.57 Å². The van der Waals surface area contributed by atoms with Crippen LogP contribution in [0.5, 0.6) is 0 Å². The van der Waals surface area contributed by atoms with E-state index in [-0.39, 0.29) is 0 Å². The molecule has 1 aromatic heterocycles. The highest BCUT2D eigenvalue weighted by Gasteiger charge is 2.28. The molecule has 0 unspecified atom stereocenters. The van der Waals surface area contributed by atoms with Crippen molar-refractivity contribution in [2.75, 3.05) is 25.1 Å². The quantitative estimate of drug-likeness (QED) is 0.782. The molecular weight excluding hydrogens is 335 g/mol. The van der Waals surface area contributed by atoms with Gasteiger partial charge in [0.05, 0.1) is 16.3 Å². The van der Waals surface area contributed by atoms with E-state index in [1.807, 2.05) is 0 Å². The largest absolute Gasteiger partial charge is 0.378 e. The molecule has 0 atom stereocenters. The van der Waals surface area contributed by atoms with Crippen molar-refractivity contribution in [3.63, 3.8) is 0 Å². The molecule has 1 aromatic carbocycles. The molecule has 3 nitrogen and oxygen atoms in total. The first-order valence-electron chi connectivity index (χ1n) is 5.10. The second kappa shape index (κ2) is 4.12. The molecule has 0 bridgehead atoms. The smallest absolute Gasteiger partial charge is 0.186 e. The summed E-state index contributed by atoms with van der Waals surface area (Å²) in [5, 5.41) is 1.12. The number of halogens is 1. The maximum atomic E-state index is 5.27. The van der Waals surface area contributed by atoms with Crippen molar-refractivity contribution >= 4 is 49.3 Å². The Morgan fingerprint density at radius 3 is 3.06 bits per heavy atom. The minimum atomic E-state index is 0.382. The van der Waals surface area contributed by atoms with Crippen molar-refractivity contribution in [1.82, 2.24) is 4.98 Å². The molecule has 0 aliphatic carbocycles. The van der Waals surface area contributed by atoms with Gasteiger partial charge in [-0.15, -0.1) is 0 Å². The molecule has 0 spiro atoms. The van der Waals surface area contributed by atoms with E-state index in [4.69, 9.17) is 4.74 Å². The molecule has 1 aliphatic rings. The minimum Gasteiger partial charge on any atom is -0.378 e. The van der Waals surface area contributed by atoms with E-state index in [2.05, 4.69) is 50.7 Å². The molecule has 1 fully saturated rings. The number of thiazole rings is 1. The summed E-state index contributed by atoms with van der Waals surface area (Å²) in [6, 6.07) is 6.37. The number of methoxy groups -OCH3 is 1. The van der Waals surface area contributed by atoms with Crippen molar-refractivity contribution in [2.24, 2.45) is 0 Å². The van der Waals surface area contributed by atoms with Gasteiger partial charge in [-0.3, -0.25) is 0 Å². The predicted molar refractivity (Wildman–Crippen MR) is 75.3 cm³/mol. The zero-order valence-electron chi connectivity index (χ0n) is 8.81. The summed E-state index contributed by atoms with van der Waals surface area (Å²) in [7, 11) is 1.77. The SMILES string of the molecule is COC1CN(c2nc3ccc(I)cc3s2)C1. The van der Waals surface area contributed by atoms with E-state index in [9.17, 15) is 0 Å². The Bertz CT molecular complexity index is 522. The highest BCUT2D eigenvalue weighted by atomic mass is 127. The molecule has 0 N–H and O–H groups in total. The first-order valence-corrected chi connectivity index (χ1v) is 6.99. The Kier molecular flexibility index (Phi) is 2.76. The van der Waals surface area contributed by atoms with Gasteiger partial charge in [0.1, 0.15) is 0 Å². The fraction of sp³-hybridized carbons (Fsp3) is 0.364. The van der Waals surface area contributed by atoms with Gasteiger partial charge >= 0.3 is 0 Å². The van der Waals surface area contributed by atoms with Gasteiger partial charge in [0.2, 0.25) is 0 Å². The van der Waals surface area contributed by atoms with Crippen LogP contribution in [0.2, 0.25) is 0 Å². The predicted octanol–water partition coefficient (Wildman–Crippen LogP) is 2.74. The van der Waals surface area contributed by atoms with E-state index < -0.39 is 0 Å². The van der Waals surface area contributed by atoms with Gasteiger partial charge in [-0.1, -0.05) is 11.3 Å². The summed E-state index contributed by atoms with van der Waals surface area (Å²) in [4.78, 5) is 6.90. The molecule has 2 aromatic rings. The zero-order chi connectivity index (χ0) is 11.1. The lowest BCUT2D eigenvalue weighted by Gasteiger charge is -2.37. The van der Waals surface area contributed by atoms with Crippen molar-refractivity contribution < 1.29 is 4.74 Å². The van der Waals surface area contributed by atoms with Gasteiger partial charge < -0.3 is 9.64 Å². The second-order valence-electron chi connectivity index (χ2n) is 3.87. The van der Waals surface area contributed by atoms with Crippen LogP contribution < -0.4 is 4.90 Å². The van der Waals surface area contributed by atoms with Crippen LogP contribution in [0.15, 0.2) is 18.2 Å². The van der Waals surface area contributed by atoms with Crippen molar-refractivity contribution in [3.05, 3.63) is 21.8 Å². The molecular formula is C11H11IN2OS. The van der Waals surface area contributed by atoms with Crippen molar-refractivity contribution in [2.45, 2.75) is 6.10 Å². The molecule has 1 aliphatic heterocycles. The number of hydrogen-bond donors (Lipinski definition) is 0. The highest BCUT2D eigenvalue weighted by Crippen LogP contribution is 2.32. The Balaban J connectivity index is 1.89. The minimum absolute atomic E-state index is 0.382. The summed E-state index contributed by atoms with van der Waals surface area (Å²) in [6.45, 7) is 1.93. The third kappa shape index (κ3) is 1.80. The molecule has 0 saturated carbocycles. The molecule has 16 heavy (non-hydrogen) atoms. The maximum Gasteiger partial charge on any atom is 0.186 e. The van der Waals surface area contributed by atoms with Crippen LogP contribution in [-0.2, 0) is 4.74 Å². The number of fused-ring (bicyclic) bond motifs is 1. The van der Waals surface area contributed by atoms with Crippen molar-refractivity contribution in [3.8, 4) is 0 Å². The third-order valence-corrected chi connectivity index (χ3v) is 4.54. The number of aromatic nitrogens is 1. The van der Waals surface area contributed by atoms with Gasteiger partial charge in [-0.25, -0.2) is 4.98 Å². The number of hydrogen-bond acceptors (Lipinski definition) is 4. The molecule has 5 heteroatoms. The zero-order valence-corrected chi connectivity index (χ0v) is 11.8. The molecule has 84 valence electrons. The van der Waals surface area contributed by atoms with E-state index >= 15 is 0 Å². The van der Waals surface area contributed by atoms with E-state index in [1.165, 1.54) is 8.27 Å². The van der Waals surface area contributed by atoms with E-state index in [0.29, 0.717) is 6.10 Å². The molecule has 2 heterocycles. The van der Waals surface area contributed by atoms with Gasteiger partial charge in [0, 0.05) is 23.8 Å². The second-order valence-corrected chi connectivity index (χ2v) is 6.13. The molecule has 3 rings (SSSR count). The number of anilines is 1. The lowest BCUT2D eigenvalue weighted by Crippen LogP contribution is -2.51. The van der Waals surface area contributed by atoms with Gasteiger partial charge in [0.15, 0.2) is 5.13 Å². The fourth-order valence-corrected chi connectivity index (χ4v) is 3.49. The number of rotatable bonds is 2. The van der Waals surface area contributed by atoms with Crippen LogP contribution >= 0.6 is 33.9 Å². The highest BCUT2D eigenvalue weighted by molar-refractivity contribution is 14.1. The normalized spacial score (nSPS) is 16.8. The van der Waals surface area contributed by atoms with Crippen LogP contribution in [-0.4, -0.2) is 31.3 Å². The van der Waals surface area contributed by atoms with E-state index in [0.717, 1.165) is 23.7 Å². The Morgan fingerprint density at radius 2 is 2.31 bits per heavy atom. The first-order chi connectivity index (χ1) is 7.76. The summed E-state index contributed by atoms with van der Waals surface area (Å²) in [6.07, 6.45) is 0.382. The monoisotopic (exact) mass is 346 g/mol. The summed E-state index contributed by atoms with van der Waals surface area (Å²) in [5.41, 5.74) is 1.10. The number of benzene rings is 1. The Hall–Kier alpha value is -0.400. The van der Waals surface area contributed by atoms with E-state index in [1.54, 1.807) is 18.4 Å². The summed E-state index contributed by atoms with van der Waals surface area (Å²) < 4.78 is 7.79. The van der Waals surface area contributed by atoms with Crippen LogP contribution in [0.1, 0.15) is 0 Å². The third-order valence-electron chi connectivity index (χ3n) is 2.79. The van der Waals surface area contributed by atoms with Gasteiger partial charge in [0.25, 0.3) is 0 Å². The van der Waals surface area contributed by atoms with Crippen LogP contribution in [0.4, 0.5) is 5.13 Å². The first kappa shape index (κ1) is 10.7. The Morgan fingerprint density at radius 1 is 1.50 bits per heavy atom. The average molecular weight is 346 g/mol. The lowest BCUT2D eigenvalue weighted by molar-refractivity contribution is 0.0787. The molecule has 0 amide bonds. The van der Waals surface area contributed by atoms with Gasteiger partial charge in [-0.05, 0) is 40.8 Å². The number of ether oxygens (including phenoxy) is 1. The standard InChI is InChI=1S/C11H11IN2OS/c1-15-8-5-14(6-8)11-13-9-3-2-7(12)4-10(9)16-11/h2-4,8H,5-6H2,1H3. The summed E-state index contributed by atoms with van der Waals surface area (Å²) in [5.74, 6) is 0. The molecule has 1 saturated heterocycles. The lowest BCUT2D eigenvalue weighted by atomic mass is 10.2. The Labute approximate surface area is 112 Å². The average Bonchev–Trinajstić information content (AvgIpc) is 2.58. The van der Waals surface area contributed by atoms with Crippen molar-refractivity contribution in [1.29, 1.82) is 0 Å². The summed E-state index contributed by atoms with van der Waals surface area (Å²) >= 11 is 4.09.